The zero-order valence-corrected chi connectivity index (χ0v) is 9.89. The second kappa shape index (κ2) is 5.60. The highest BCUT2D eigenvalue weighted by molar-refractivity contribution is 5.33. The first-order valence-electron chi connectivity index (χ1n) is 5.91. The zero-order valence-electron chi connectivity index (χ0n) is 9.89. The van der Waals surface area contributed by atoms with Gasteiger partial charge in [-0.05, 0) is 12.8 Å². The van der Waals surface area contributed by atoms with Gasteiger partial charge in [-0.3, -0.25) is 0 Å². The molecular formula is C12H16N4O. The fourth-order valence-corrected chi connectivity index (χ4v) is 2.09. The van der Waals surface area contributed by atoms with Crippen molar-refractivity contribution in [3.63, 3.8) is 0 Å². The highest BCUT2D eigenvalue weighted by Gasteiger charge is 2.26. The molecule has 1 aliphatic rings. The molecule has 1 saturated heterocycles. The molecular weight excluding hydrogens is 216 g/mol. The number of nitriles is 1. The fourth-order valence-electron chi connectivity index (χ4n) is 2.09. The Morgan fingerprint density at radius 2 is 2.41 bits per heavy atom. The van der Waals surface area contributed by atoms with E-state index in [0.717, 1.165) is 26.0 Å². The molecule has 0 spiro atoms. The third-order valence-electron chi connectivity index (χ3n) is 3.06. The molecule has 1 fully saturated rings. The highest BCUT2D eigenvalue weighted by Crippen LogP contribution is 2.23. The Morgan fingerprint density at radius 3 is 3.06 bits per heavy atom. The minimum absolute atomic E-state index is 0.339. The molecule has 0 saturated carbocycles. The molecule has 1 aliphatic heterocycles. The summed E-state index contributed by atoms with van der Waals surface area (Å²) in [6.07, 6.45) is 5.56. The smallest absolute Gasteiger partial charge is 0.158 e. The zero-order chi connectivity index (χ0) is 12.1. The minimum Gasteiger partial charge on any atom is -0.378 e. The summed E-state index contributed by atoms with van der Waals surface area (Å²) in [5.74, 6) is 1.25. The Hall–Kier alpha value is -1.67. The summed E-state index contributed by atoms with van der Waals surface area (Å²) in [5.41, 5.74) is 0.339. The van der Waals surface area contributed by atoms with Gasteiger partial charge in [0.2, 0.25) is 0 Å². The first-order chi connectivity index (χ1) is 8.33. The van der Waals surface area contributed by atoms with Crippen LogP contribution < -0.4 is 5.32 Å². The van der Waals surface area contributed by atoms with Crippen molar-refractivity contribution in [3.8, 4) is 6.07 Å². The largest absolute Gasteiger partial charge is 0.378 e. The maximum Gasteiger partial charge on any atom is 0.158 e. The molecule has 0 aromatic carbocycles. The Labute approximate surface area is 101 Å². The number of anilines is 1. The first-order valence-corrected chi connectivity index (χ1v) is 5.91. The van der Waals surface area contributed by atoms with Crippen LogP contribution >= 0.6 is 0 Å². The van der Waals surface area contributed by atoms with Gasteiger partial charge in [0.1, 0.15) is 11.9 Å². The third-order valence-corrected chi connectivity index (χ3v) is 3.06. The molecule has 5 heteroatoms. The van der Waals surface area contributed by atoms with Crippen molar-refractivity contribution in [1.82, 2.24) is 9.97 Å². The van der Waals surface area contributed by atoms with Crippen LogP contribution in [0.3, 0.4) is 0 Å². The fraction of sp³-hybridized carbons (Fsp3) is 0.583. The van der Waals surface area contributed by atoms with E-state index in [1.54, 1.807) is 6.20 Å². The molecule has 5 nitrogen and oxygen atoms in total. The minimum atomic E-state index is 0.339. The lowest BCUT2D eigenvalue weighted by atomic mass is 10.00. The maximum absolute atomic E-state index is 8.61. The van der Waals surface area contributed by atoms with Gasteiger partial charge in [-0.15, -0.1) is 0 Å². The van der Waals surface area contributed by atoms with Gasteiger partial charge in [0.05, 0.1) is 18.5 Å². The second-order valence-electron chi connectivity index (χ2n) is 4.15. The lowest BCUT2D eigenvalue weighted by Gasteiger charge is -2.17. The Balaban J connectivity index is 1.87. The van der Waals surface area contributed by atoms with Crippen molar-refractivity contribution < 1.29 is 4.74 Å². The highest BCUT2D eigenvalue weighted by atomic mass is 16.5. The van der Waals surface area contributed by atoms with E-state index in [1.807, 2.05) is 6.07 Å². The van der Waals surface area contributed by atoms with Gasteiger partial charge in [0, 0.05) is 19.1 Å². The summed E-state index contributed by atoms with van der Waals surface area (Å²) in [6.45, 7) is 3.84. The van der Waals surface area contributed by atoms with Gasteiger partial charge in [-0.25, -0.2) is 9.97 Å². The Kier molecular flexibility index (Phi) is 3.89. The van der Waals surface area contributed by atoms with Crippen molar-refractivity contribution in [1.29, 1.82) is 5.26 Å². The number of ether oxygens (including phenoxy) is 1. The van der Waals surface area contributed by atoms with Crippen LogP contribution in [0.1, 0.15) is 25.5 Å². The molecule has 1 N–H and O–H groups in total. The molecule has 0 aliphatic carbocycles. The van der Waals surface area contributed by atoms with Crippen molar-refractivity contribution in [2.24, 2.45) is 5.92 Å². The van der Waals surface area contributed by atoms with Crippen LogP contribution in [-0.2, 0) is 4.74 Å². The Bertz CT molecular complexity index is 398. The molecule has 1 aromatic rings. The van der Waals surface area contributed by atoms with Crippen LogP contribution in [0, 0.1) is 17.2 Å². The summed E-state index contributed by atoms with van der Waals surface area (Å²) >= 11 is 0. The number of rotatable bonds is 4. The van der Waals surface area contributed by atoms with Gasteiger partial charge in [0.15, 0.2) is 5.69 Å². The van der Waals surface area contributed by atoms with Crippen LogP contribution in [0.5, 0.6) is 0 Å². The van der Waals surface area contributed by atoms with Crippen molar-refractivity contribution in [2.45, 2.75) is 25.9 Å². The standard InChI is InChI=1S/C12H16N4O/c1-2-11-9(3-4-17-11)6-15-12-8-14-10(5-13)7-16-12/h7-9,11H,2-4,6H2,1H3,(H,15,16). The third kappa shape index (κ3) is 2.92. The molecule has 2 unspecified atom stereocenters. The van der Waals surface area contributed by atoms with Crippen LogP contribution in [-0.4, -0.2) is 29.2 Å². The van der Waals surface area contributed by atoms with E-state index in [1.165, 1.54) is 6.20 Å². The number of nitrogens with zero attached hydrogens (tertiary/aromatic N) is 3. The Morgan fingerprint density at radius 1 is 1.53 bits per heavy atom. The van der Waals surface area contributed by atoms with Crippen molar-refractivity contribution in [2.75, 3.05) is 18.5 Å². The van der Waals surface area contributed by atoms with E-state index in [9.17, 15) is 0 Å². The molecule has 90 valence electrons. The summed E-state index contributed by atoms with van der Waals surface area (Å²) in [4.78, 5) is 8.09. The summed E-state index contributed by atoms with van der Waals surface area (Å²) in [6, 6.07) is 1.95. The van der Waals surface area contributed by atoms with Gasteiger partial charge < -0.3 is 10.1 Å². The quantitative estimate of drug-likeness (QED) is 0.853. The average molecular weight is 232 g/mol. The van der Waals surface area contributed by atoms with Gasteiger partial charge in [-0.2, -0.15) is 5.26 Å². The average Bonchev–Trinajstić information content (AvgIpc) is 2.84. The van der Waals surface area contributed by atoms with Crippen LogP contribution in [0.15, 0.2) is 12.4 Å². The van der Waals surface area contributed by atoms with Gasteiger partial charge >= 0.3 is 0 Å². The second-order valence-corrected chi connectivity index (χ2v) is 4.15. The SMILES string of the molecule is CCC1OCCC1CNc1cnc(C#N)cn1. The summed E-state index contributed by atoms with van der Waals surface area (Å²) < 4.78 is 5.62. The van der Waals surface area contributed by atoms with E-state index in [0.29, 0.717) is 23.5 Å². The van der Waals surface area contributed by atoms with E-state index in [4.69, 9.17) is 10.00 Å². The number of hydrogen-bond acceptors (Lipinski definition) is 5. The molecule has 0 bridgehead atoms. The van der Waals surface area contributed by atoms with Crippen LogP contribution in [0.4, 0.5) is 5.82 Å². The predicted molar refractivity (Wildman–Crippen MR) is 63.4 cm³/mol. The van der Waals surface area contributed by atoms with Crippen molar-refractivity contribution in [3.05, 3.63) is 18.1 Å². The van der Waals surface area contributed by atoms with Gasteiger partial charge in [-0.1, -0.05) is 6.92 Å². The lowest BCUT2D eigenvalue weighted by Crippen LogP contribution is -2.23. The van der Waals surface area contributed by atoms with Gasteiger partial charge in [0.25, 0.3) is 0 Å². The molecule has 0 amide bonds. The van der Waals surface area contributed by atoms with Crippen LogP contribution in [0.2, 0.25) is 0 Å². The van der Waals surface area contributed by atoms with E-state index in [2.05, 4.69) is 22.2 Å². The molecule has 1 aromatic heterocycles. The van der Waals surface area contributed by atoms with Crippen molar-refractivity contribution >= 4 is 5.82 Å². The molecule has 2 atom stereocenters. The molecule has 2 rings (SSSR count). The van der Waals surface area contributed by atoms with E-state index in [-0.39, 0.29) is 0 Å². The van der Waals surface area contributed by atoms with E-state index >= 15 is 0 Å². The summed E-state index contributed by atoms with van der Waals surface area (Å²) in [7, 11) is 0. The first kappa shape index (κ1) is 11.8. The monoisotopic (exact) mass is 232 g/mol. The molecule has 2 heterocycles. The number of hydrogen-bond donors (Lipinski definition) is 1. The lowest BCUT2D eigenvalue weighted by molar-refractivity contribution is 0.0900. The predicted octanol–water partition coefficient (Wildman–Crippen LogP) is 1.58. The maximum atomic E-state index is 8.61. The van der Waals surface area contributed by atoms with E-state index < -0.39 is 0 Å². The summed E-state index contributed by atoms with van der Waals surface area (Å²) in [5, 5.41) is 11.8. The topological polar surface area (TPSA) is 70.8 Å². The number of aromatic nitrogens is 2. The molecule has 0 radical (unpaired) electrons. The number of nitrogens with one attached hydrogen (secondary N) is 1. The molecule has 17 heavy (non-hydrogen) atoms. The van der Waals surface area contributed by atoms with Crippen LogP contribution in [0.25, 0.3) is 0 Å². The normalized spacial score (nSPS) is 23.3.